The van der Waals surface area contributed by atoms with E-state index in [2.05, 4.69) is 4.72 Å². The first-order valence-electron chi connectivity index (χ1n) is 7.55. The molecule has 25 heavy (non-hydrogen) atoms. The second-order valence-electron chi connectivity index (χ2n) is 5.19. The van der Waals surface area contributed by atoms with Gasteiger partial charge in [-0.05, 0) is 24.1 Å². The first kappa shape index (κ1) is 19.4. The van der Waals surface area contributed by atoms with Crippen molar-refractivity contribution in [3.8, 4) is 0 Å². The van der Waals surface area contributed by atoms with Crippen LogP contribution in [-0.4, -0.2) is 20.9 Å². The lowest BCUT2D eigenvalue weighted by Gasteiger charge is -2.12. The van der Waals surface area contributed by atoms with Crippen LogP contribution < -0.4 is 4.72 Å². The molecule has 0 atom stereocenters. The molecule has 0 heterocycles. The van der Waals surface area contributed by atoms with Gasteiger partial charge in [-0.1, -0.05) is 48.9 Å². The van der Waals surface area contributed by atoms with E-state index in [-0.39, 0.29) is 18.0 Å². The third-order valence-corrected chi connectivity index (χ3v) is 5.31. The second kappa shape index (κ2) is 8.42. The maximum atomic E-state index is 14.0. The summed E-state index contributed by atoms with van der Waals surface area (Å²) in [6.45, 7) is 1.91. The number of carbonyl (C=O) groups excluding carboxylic acids is 1. The number of ether oxygens (including phenoxy) is 1. The highest BCUT2D eigenvalue weighted by Crippen LogP contribution is 2.28. The molecule has 2 aromatic rings. The fourth-order valence-electron chi connectivity index (χ4n) is 2.04. The van der Waals surface area contributed by atoms with Crippen molar-refractivity contribution in [1.29, 1.82) is 0 Å². The molecular formula is C17H17ClFNO4S. The molecule has 134 valence electrons. The van der Waals surface area contributed by atoms with Gasteiger partial charge in [0, 0.05) is 6.54 Å². The fourth-order valence-corrected chi connectivity index (χ4v) is 3.79. The van der Waals surface area contributed by atoms with Crippen molar-refractivity contribution in [2.45, 2.75) is 24.8 Å². The number of hydrogen-bond donors (Lipinski definition) is 1. The van der Waals surface area contributed by atoms with Crippen molar-refractivity contribution in [1.82, 2.24) is 4.72 Å². The summed E-state index contributed by atoms with van der Waals surface area (Å²) >= 11 is 5.99. The lowest BCUT2D eigenvalue weighted by molar-refractivity contribution is 0.0467. The Kier molecular flexibility index (Phi) is 6.52. The summed E-state index contributed by atoms with van der Waals surface area (Å²) in [7, 11) is -3.95. The van der Waals surface area contributed by atoms with Crippen LogP contribution >= 0.6 is 11.6 Å². The molecule has 5 nitrogen and oxygen atoms in total. The molecule has 0 aliphatic carbocycles. The van der Waals surface area contributed by atoms with Crippen molar-refractivity contribution in [3.05, 3.63) is 64.4 Å². The fraction of sp³-hybridized carbons (Fsp3) is 0.235. The van der Waals surface area contributed by atoms with Gasteiger partial charge >= 0.3 is 5.97 Å². The van der Waals surface area contributed by atoms with Gasteiger partial charge < -0.3 is 4.74 Å². The zero-order chi connectivity index (χ0) is 18.4. The second-order valence-corrected chi connectivity index (χ2v) is 7.31. The van der Waals surface area contributed by atoms with Gasteiger partial charge in [-0.15, -0.1) is 0 Å². The lowest BCUT2D eigenvalue weighted by Crippen LogP contribution is -2.25. The standard InChI is InChI=1S/C17H17ClFNO4S/c1-2-10-20-25(22,23)14-9-8-13(19)15(16(14)18)17(21)24-11-12-6-4-3-5-7-12/h3-9,20H,2,10-11H2,1H3. The molecule has 0 bridgehead atoms. The van der Waals surface area contributed by atoms with E-state index < -0.39 is 32.4 Å². The molecule has 0 fully saturated rings. The van der Waals surface area contributed by atoms with Crippen molar-refractivity contribution < 1.29 is 22.3 Å². The number of carbonyl (C=O) groups is 1. The van der Waals surface area contributed by atoms with Gasteiger partial charge in [0.05, 0.1) is 5.02 Å². The topological polar surface area (TPSA) is 72.5 Å². The average molecular weight is 386 g/mol. The summed E-state index contributed by atoms with van der Waals surface area (Å²) in [6.07, 6.45) is 0.573. The molecule has 0 aliphatic rings. The SMILES string of the molecule is CCCNS(=O)(=O)c1ccc(F)c(C(=O)OCc2ccccc2)c1Cl. The molecule has 0 saturated carbocycles. The summed E-state index contributed by atoms with van der Waals surface area (Å²) in [4.78, 5) is 11.8. The van der Waals surface area contributed by atoms with E-state index >= 15 is 0 Å². The number of rotatable bonds is 7. The predicted octanol–water partition coefficient (Wildman–Crippen LogP) is 3.52. The van der Waals surface area contributed by atoms with E-state index in [0.717, 1.165) is 12.1 Å². The average Bonchev–Trinajstić information content (AvgIpc) is 2.59. The van der Waals surface area contributed by atoms with Gasteiger partial charge in [-0.3, -0.25) is 0 Å². The summed E-state index contributed by atoms with van der Waals surface area (Å²) < 4.78 is 45.8. The van der Waals surface area contributed by atoms with Crippen LogP contribution in [0.3, 0.4) is 0 Å². The van der Waals surface area contributed by atoms with Crippen LogP contribution in [0, 0.1) is 5.82 Å². The molecule has 2 rings (SSSR count). The molecule has 0 saturated heterocycles. The summed E-state index contributed by atoms with van der Waals surface area (Å²) in [5, 5.41) is -0.498. The number of hydrogen-bond acceptors (Lipinski definition) is 4. The van der Waals surface area contributed by atoms with Crippen molar-refractivity contribution in [2.75, 3.05) is 6.54 Å². The maximum absolute atomic E-state index is 14.0. The number of benzene rings is 2. The molecule has 0 aliphatic heterocycles. The van der Waals surface area contributed by atoms with Crippen LogP contribution in [0.1, 0.15) is 29.3 Å². The Morgan fingerprint density at radius 3 is 2.52 bits per heavy atom. The number of nitrogens with one attached hydrogen (secondary N) is 1. The Hall–Kier alpha value is -1.96. The van der Waals surface area contributed by atoms with E-state index in [0.29, 0.717) is 12.0 Å². The zero-order valence-electron chi connectivity index (χ0n) is 13.5. The first-order valence-corrected chi connectivity index (χ1v) is 9.41. The lowest BCUT2D eigenvalue weighted by atomic mass is 10.2. The molecule has 0 unspecified atom stereocenters. The molecular weight excluding hydrogens is 369 g/mol. The predicted molar refractivity (Wildman–Crippen MR) is 92.5 cm³/mol. The third-order valence-electron chi connectivity index (χ3n) is 3.30. The molecule has 2 aromatic carbocycles. The Morgan fingerprint density at radius 1 is 1.20 bits per heavy atom. The molecule has 0 aromatic heterocycles. The van der Waals surface area contributed by atoms with Gasteiger partial charge in [-0.25, -0.2) is 22.3 Å². The van der Waals surface area contributed by atoms with Crippen molar-refractivity contribution in [3.63, 3.8) is 0 Å². The highest BCUT2D eigenvalue weighted by molar-refractivity contribution is 7.89. The van der Waals surface area contributed by atoms with Gasteiger partial charge in [0.1, 0.15) is 22.9 Å². The largest absolute Gasteiger partial charge is 0.457 e. The van der Waals surface area contributed by atoms with Crippen LogP contribution in [0.25, 0.3) is 0 Å². The minimum Gasteiger partial charge on any atom is -0.457 e. The smallest absolute Gasteiger partial charge is 0.343 e. The zero-order valence-corrected chi connectivity index (χ0v) is 15.0. The Balaban J connectivity index is 2.28. The monoisotopic (exact) mass is 385 g/mol. The van der Waals surface area contributed by atoms with Crippen LogP contribution in [0.2, 0.25) is 5.02 Å². The summed E-state index contributed by atoms with van der Waals surface area (Å²) in [6, 6.07) is 10.7. The van der Waals surface area contributed by atoms with Gasteiger partial charge in [0.2, 0.25) is 10.0 Å². The molecule has 8 heteroatoms. The van der Waals surface area contributed by atoms with Crippen LogP contribution in [0.4, 0.5) is 4.39 Å². The van der Waals surface area contributed by atoms with Crippen LogP contribution in [0.15, 0.2) is 47.4 Å². The van der Waals surface area contributed by atoms with E-state index in [1.165, 1.54) is 0 Å². The van der Waals surface area contributed by atoms with Gasteiger partial charge in [-0.2, -0.15) is 0 Å². The Morgan fingerprint density at radius 2 is 1.88 bits per heavy atom. The maximum Gasteiger partial charge on any atom is 0.343 e. The normalized spacial score (nSPS) is 11.3. The highest BCUT2D eigenvalue weighted by Gasteiger charge is 2.26. The molecule has 0 radical (unpaired) electrons. The quantitative estimate of drug-likeness (QED) is 0.740. The van der Waals surface area contributed by atoms with E-state index in [9.17, 15) is 17.6 Å². The minimum absolute atomic E-state index is 0.0828. The van der Waals surface area contributed by atoms with E-state index in [4.69, 9.17) is 16.3 Å². The first-order chi connectivity index (χ1) is 11.9. The highest BCUT2D eigenvalue weighted by atomic mass is 35.5. The van der Waals surface area contributed by atoms with Crippen LogP contribution in [-0.2, 0) is 21.4 Å². The molecule has 1 N–H and O–H groups in total. The Bertz CT molecular complexity index is 856. The number of sulfonamides is 1. The molecule has 0 amide bonds. The van der Waals surface area contributed by atoms with Gasteiger partial charge in [0.25, 0.3) is 0 Å². The number of halogens is 2. The Labute approximate surface area is 150 Å². The van der Waals surface area contributed by atoms with Gasteiger partial charge in [0.15, 0.2) is 0 Å². The molecule has 0 spiro atoms. The van der Waals surface area contributed by atoms with Crippen molar-refractivity contribution in [2.24, 2.45) is 0 Å². The minimum atomic E-state index is -3.95. The third kappa shape index (κ3) is 4.78. The van der Waals surface area contributed by atoms with Crippen molar-refractivity contribution >= 4 is 27.6 Å². The van der Waals surface area contributed by atoms with E-state index in [1.807, 2.05) is 0 Å². The summed E-state index contributed by atoms with van der Waals surface area (Å²) in [5.74, 6) is -1.98. The summed E-state index contributed by atoms with van der Waals surface area (Å²) in [5.41, 5.74) is 0.109. The van der Waals surface area contributed by atoms with Crippen LogP contribution in [0.5, 0.6) is 0 Å². The van der Waals surface area contributed by atoms with E-state index in [1.54, 1.807) is 37.3 Å². The number of esters is 1.